The van der Waals surface area contributed by atoms with E-state index in [4.69, 9.17) is 9.47 Å². The largest absolute Gasteiger partial charge is 0.468 e. The molecule has 1 aromatic heterocycles. The molecule has 0 spiro atoms. The maximum atomic E-state index is 12.7. The molecule has 2 aliphatic rings. The highest BCUT2D eigenvalue weighted by atomic mass is 19.4. The number of carbonyl (C=O) groups excluding carboxylic acids is 1. The highest BCUT2D eigenvalue weighted by molar-refractivity contribution is 5.93. The number of hydrogen-bond donors (Lipinski definition) is 1. The van der Waals surface area contributed by atoms with Crippen LogP contribution < -0.4 is 10.2 Å². The predicted molar refractivity (Wildman–Crippen MR) is 96.1 cm³/mol. The molecule has 0 aromatic carbocycles. The van der Waals surface area contributed by atoms with Crippen molar-refractivity contribution < 1.29 is 27.4 Å². The molecule has 2 fully saturated rings. The van der Waals surface area contributed by atoms with Crippen molar-refractivity contribution in [2.45, 2.75) is 56.7 Å². The number of alkyl halides is 3. The van der Waals surface area contributed by atoms with E-state index in [1.54, 1.807) is 13.2 Å². The SMILES string of the molecule is COC[C@@H]1CCCN1NC(=O)c1cnc(OCC(F)(F)F)c(C2CCCC2)c1. The van der Waals surface area contributed by atoms with Gasteiger partial charge >= 0.3 is 6.18 Å². The van der Waals surface area contributed by atoms with Gasteiger partial charge < -0.3 is 9.47 Å². The highest BCUT2D eigenvalue weighted by Gasteiger charge is 2.31. The zero-order chi connectivity index (χ0) is 20.1. The molecule has 6 nitrogen and oxygen atoms in total. The molecule has 1 aliphatic carbocycles. The van der Waals surface area contributed by atoms with E-state index in [1.165, 1.54) is 6.20 Å². The lowest BCUT2D eigenvalue weighted by Crippen LogP contribution is -2.46. The van der Waals surface area contributed by atoms with Gasteiger partial charge in [0.25, 0.3) is 5.91 Å². The Hall–Kier alpha value is -1.87. The summed E-state index contributed by atoms with van der Waals surface area (Å²) in [6.07, 6.45) is 2.47. The van der Waals surface area contributed by atoms with Crippen molar-refractivity contribution in [3.05, 3.63) is 23.4 Å². The van der Waals surface area contributed by atoms with Gasteiger partial charge in [0.05, 0.1) is 18.2 Å². The van der Waals surface area contributed by atoms with E-state index in [9.17, 15) is 18.0 Å². The van der Waals surface area contributed by atoms with E-state index in [0.717, 1.165) is 45.1 Å². The molecule has 9 heteroatoms. The summed E-state index contributed by atoms with van der Waals surface area (Å²) in [4.78, 5) is 16.7. The average Bonchev–Trinajstić information content (AvgIpc) is 3.32. The lowest BCUT2D eigenvalue weighted by molar-refractivity contribution is -0.154. The lowest BCUT2D eigenvalue weighted by atomic mass is 9.97. The lowest BCUT2D eigenvalue weighted by Gasteiger charge is -2.24. The first-order valence-electron chi connectivity index (χ1n) is 9.63. The number of carbonyl (C=O) groups is 1. The van der Waals surface area contributed by atoms with Gasteiger partial charge in [-0.15, -0.1) is 0 Å². The monoisotopic (exact) mass is 401 g/mol. The maximum Gasteiger partial charge on any atom is 0.422 e. The molecule has 28 heavy (non-hydrogen) atoms. The maximum absolute atomic E-state index is 12.7. The average molecular weight is 401 g/mol. The Kier molecular flexibility index (Phi) is 6.77. The Balaban J connectivity index is 1.75. The van der Waals surface area contributed by atoms with E-state index in [1.807, 2.05) is 5.01 Å². The molecule has 156 valence electrons. The molecule has 0 unspecified atom stereocenters. The van der Waals surface area contributed by atoms with Crippen LogP contribution in [0.15, 0.2) is 12.3 Å². The van der Waals surface area contributed by atoms with Crippen LogP contribution in [0.1, 0.15) is 60.4 Å². The van der Waals surface area contributed by atoms with Crippen molar-refractivity contribution >= 4 is 5.91 Å². The normalized spacial score (nSPS) is 21.2. The van der Waals surface area contributed by atoms with E-state index >= 15 is 0 Å². The third-order valence-corrected chi connectivity index (χ3v) is 5.29. The van der Waals surface area contributed by atoms with Gasteiger partial charge in [0.15, 0.2) is 6.61 Å². The van der Waals surface area contributed by atoms with Crippen LogP contribution in [0.25, 0.3) is 0 Å². The first kappa shape index (κ1) is 20.9. The van der Waals surface area contributed by atoms with Crippen molar-refractivity contribution in [3.63, 3.8) is 0 Å². The molecule has 1 N–H and O–H groups in total. The number of hydrogen-bond acceptors (Lipinski definition) is 5. The molecular formula is C19H26F3N3O3. The fourth-order valence-corrected chi connectivity index (χ4v) is 3.94. The molecule has 2 heterocycles. The summed E-state index contributed by atoms with van der Waals surface area (Å²) in [6, 6.07) is 1.75. The summed E-state index contributed by atoms with van der Waals surface area (Å²) in [5.74, 6) is -0.284. The molecule has 1 atom stereocenters. The third-order valence-electron chi connectivity index (χ3n) is 5.29. The first-order valence-corrected chi connectivity index (χ1v) is 9.63. The van der Waals surface area contributed by atoms with Crippen molar-refractivity contribution in [2.75, 3.05) is 26.9 Å². The van der Waals surface area contributed by atoms with Crippen LogP contribution in [0.5, 0.6) is 5.88 Å². The van der Waals surface area contributed by atoms with E-state index in [0.29, 0.717) is 17.7 Å². The van der Waals surface area contributed by atoms with Crippen LogP contribution in [0.3, 0.4) is 0 Å². The van der Waals surface area contributed by atoms with Gasteiger partial charge in [-0.05, 0) is 37.7 Å². The fourth-order valence-electron chi connectivity index (χ4n) is 3.94. The van der Waals surface area contributed by atoms with E-state index < -0.39 is 12.8 Å². The Bertz CT molecular complexity index is 678. The van der Waals surface area contributed by atoms with Gasteiger partial charge in [-0.25, -0.2) is 9.99 Å². The van der Waals surface area contributed by atoms with Crippen LogP contribution in [0, 0.1) is 0 Å². The summed E-state index contributed by atoms with van der Waals surface area (Å²) >= 11 is 0. The molecule has 3 rings (SSSR count). The number of hydrazine groups is 1. The first-order chi connectivity index (χ1) is 13.4. The minimum atomic E-state index is -4.43. The van der Waals surface area contributed by atoms with Crippen molar-refractivity contribution in [3.8, 4) is 5.88 Å². The molecule has 1 aromatic rings. The van der Waals surface area contributed by atoms with E-state index in [-0.39, 0.29) is 23.7 Å². The molecule has 1 saturated heterocycles. The summed E-state index contributed by atoms with van der Waals surface area (Å²) in [5, 5.41) is 1.86. The number of pyridine rings is 1. The second-order valence-electron chi connectivity index (χ2n) is 7.39. The number of nitrogens with one attached hydrogen (secondary N) is 1. The Labute approximate surface area is 162 Å². The van der Waals surface area contributed by atoms with E-state index in [2.05, 4.69) is 10.4 Å². The van der Waals surface area contributed by atoms with Gasteiger partial charge in [0, 0.05) is 25.4 Å². The van der Waals surface area contributed by atoms with Crippen molar-refractivity contribution in [1.82, 2.24) is 15.4 Å². The number of nitrogens with zero attached hydrogens (tertiary/aromatic N) is 2. The zero-order valence-electron chi connectivity index (χ0n) is 15.9. The number of halogens is 3. The van der Waals surface area contributed by atoms with Gasteiger partial charge in [-0.3, -0.25) is 10.2 Å². The van der Waals surface area contributed by atoms with Crippen LogP contribution in [-0.2, 0) is 4.74 Å². The van der Waals surface area contributed by atoms with Gasteiger partial charge in [0.2, 0.25) is 5.88 Å². The molecule has 1 aliphatic heterocycles. The zero-order valence-corrected chi connectivity index (χ0v) is 15.9. The summed E-state index contributed by atoms with van der Waals surface area (Å²) in [7, 11) is 1.62. The second-order valence-corrected chi connectivity index (χ2v) is 7.39. The summed E-state index contributed by atoms with van der Waals surface area (Å²) in [6.45, 7) is -0.136. The second kappa shape index (κ2) is 9.09. The quantitative estimate of drug-likeness (QED) is 0.758. The summed E-state index contributed by atoms with van der Waals surface area (Å²) in [5.41, 5.74) is 3.79. The number of rotatable bonds is 7. The molecular weight excluding hydrogens is 375 g/mol. The fraction of sp³-hybridized carbons (Fsp3) is 0.684. The van der Waals surface area contributed by atoms with Crippen LogP contribution >= 0.6 is 0 Å². The minimum Gasteiger partial charge on any atom is -0.468 e. The van der Waals surface area contributed by atoms with Gasteiger partial charge in [-0.1, -0.05) is 12.8 Å². The van der Waals surface area contributed by atoms with Crippen LogP contribution in [-0.4, -0.2) is 55.0 Å². The Morgan fingerprint density at radius 1 is 1.29 bits per heavy atom. The number of amides is 1. The summed E-state index contributed by atoms with van der Waals surface area (Å²) < 4.78 is 47.8. The topological polar surface area (TPSA) is 63.7 Å². The number of methoxy groups -OCH3 is 1. The predicted octanol–water partition coefficient (Wildman–Crippen LogP) is 3.44. The van der Waals surface area contributed by atoms with Crippen LogP contribution in [0.2, 0.25) is 0 Å². The third kappa shape index (κ3) is 5.35. The molecule has 0 bridgehead atoms. The van der Waals surface area contributed by atoms with Crippen LogP contribution in [0.4, 0.5) is 13.2 Å². The van der Waals surface area contributed by atoms with Gasteiger partial charge in [0.1, 0.15) is 0 Å². The molecule has 1 amide bonds. The van der Waals surface area contributed by atoms with Gasteiger partial charge in [-0.2, -0.15) is 13.2 Å². The Morgan fingerprint density at radius 2 is 2.04 bits per heavy atom. The van der Waals surface area contributed by atoms with Crippen molar-refractivity contribution in [2.24, 2.45) is 0 Å². The molecule has 0 radical (unpaired) electrons. The number of aromatic nitrogens is 1. The Morgan fingerprint density at radius 3 is 2.71 bits per heavy atom. The standard InChI is InChI=1S/C19H26F3N3O3/c1-27-11-15-7-4-8-25(15)24-17(26)14-9-16(13-5-2-3-6-13)18(23-10-14)28-12-19(20,21)22/h9-10,13,15H,2-8,11-12H2,1H3,(H,24,26)/t15-/m0/s1. The smallest absolute Gasteiger partial charge is 0.422 e. The molecule has 1 saturated carbocycles. The minimum absolute atomic E-state index is 0.0285. The van der Waals surface area contributed by atoms with Crippen molar-refractivity contribution in [1.29, 1.82) is 0 Å². The highest BCUT2D eigenvalue weighted by Crippen LogP contribution is 2.38. The number of ether oxygens (including phenoxy) is 2.